The van der Waals surface area contributed by atoms with Crippen LogP contribution in [-0.2, 0) is 4.74 Å². The van der Waals surface area contributed by atoms with Gasteiger partial charge in [0.15, 0.2) is 17.2 Å². The monoisotopic (exact) mass is 344 g/mol. The summed E-state index contributed by atoms with van der Waals surface area (Å²) in [4.78, 5) is 14.4. The van der Waals surface area contributed by atoms with Crippen molar-refractivity contribution in [3.63, 3.8) is 0 Å². The molecule has 8 nitrogen and oxygen atoms in total. The summed E-state index contributed by atoms with van der Waals surface area (Å²) >= 11 is 0. The number of carbonyl (C=O) groups is 1. The van der Waals surface area contributed by atoms with Crippen molar-refractivity contribution < 1.29 is 19.0 Å². The first-order chi connectivity index (χ1) is 12.2. The maximum absolute atomic E-state index is 12.6. The summed E-state index contributed by atoms with van der Waals surface area (Å²) in [6.45, 7) is 4.84. The minimum Gasteiger partial charge on any atom is -0.486 e. The number of carbonyl (C=O) groups excluding carboxylic acids is 1. The average Bonchev–Trinajstić information content (AvgIpc) is 3.17. The number of morpholine rings is 1. The van der Waals surface area contributed by atoms with Crippen LogP contribution < -0.4 is 9.47 Å². The van der Waals surface area contributed by atoms with Crippen LogP contribution in [0.25, 0.3) is 5.69 Å². The molecule has 2 aliphatic rings. The molecule has 1 atom stereocenters. The number of amides is 1. The number of hydrogen-bond acceptors (Lipinski definition) is 6. The van der Waals surface area contributed by atoms with Gasteiger partial charge in [-0.1, -0.05) is 12.1 Å². The van der Waals surface area contributed by atoms with Gasteiger partial charge in [-0.25, -0.2) is 4.68 Å². The van der Waals surface area contributed by atoms with E-state index >= 15 is 0 Å². The van der Waals surface area contributed by atoms with Crippen molar-refractivity contribution in [2.75, 3.05) is 32.9 Å². The molecular formula is C17H20N4O4. The normalized spacial score (nSPS) is 19.7. The zero-order valence-corrected chi connectivity index (χ0v) is 14.1. The molecule has 0 aliphatic carbocycles. The maximum atomic E-state index is 12.6. The van der Waals surface area contributed by atoms with E-state index in [1.54, 1.807) is 15.8 Å². The van der Waals surface area contributed by atoms with Crippen LogP contribution in [0.15, 0.2) is 24.4 Å². The van der Waals surface area contributed by atoms with Crippen LogP contribution in [0.2, 0.25) is 0 Å². The van der Waals surface area contributed by atoms with Crippen LogP contribution in [0.1, 0.15) is 23.8 Å². The molecule has 4 rings (SSSR count). The average molecular weight is 344 g/mol. The predicted molar refractivity (Wildman–Crippen MR) is 88.3 cm³/mol. The van der Waals surface area contributed by atoms with E-state index in [9.17, 15) is 4.79 Å². The number of rotatable bonds is 3. The largest absolute Gasteiger partial charge is 0.486 e. The van der Waals surface area contributed by atoms with E-state index in [0.717, 1.165) is 12.1 Å². The zero-order valence-electron chi connectivity index (χ0n) is 14.1. The van der Waals surface area contributed by atoms with Crippen molar-refractivity contribution in [3.05, 3.63) is 30.1 Å². The van der Waals surface area contributed by atoms with Gasteiger partial charge in [-0.15, -0.1) is 5.10 Å². The van der Waals surface area contributed by atoms with E-state index < -0.39 is 0 Å². The van der Waals surface area contributed by atoms with Crippen LogP contribution in [0.5, 0.6) is 11.5 Å². The number of fused-ring (bicyclic) bond motifs is 1. The molecule has 25 heavy (non-hydrogen) atoms. The number of benzene rings is 1. The third kappa shape index (κ3) is 3.17. The number of nitrogens with zero attached hydrogens (tertiary/aromatic N) is 4. The fraction of sp³-hybridized carbons (Fsp3) is 0.471. The second-order valence-corrected chi connectivity index (χ2v) is 6.03. The van der Waals surface area contributed by atoms with Gasteiger partial charge in [-0.2, -0.15) is 0 Å². The molecule has 1 aromatic carbocycles. The van der Waals surface area contributed by atoms with Crippen LogP contribution in [0.4, 0.5) is 0 Å². The van der Waals surface area contributed by atoms with Crippen molar-refractivity contribution in [3.8, 4) is 17.2 Å². The van der Waals surface area contributed by atoms with E-state index in [1.165, 1.54) is 0 Å². The van der Waals surface area contributed by atoms with E-state index in [2.05, 4.69) is 17.2 Å². The van der Waals surface area contributed by atoms with Crippen molar-refractivity contribution in [2.24, 2.45) is 0 Å². The Morgan fingerprint density at radius 1 is 1.24 bits per heavy atom. The Morgan fingerprint density at radius 3 is 2.92 bits per heavy atom. The van der Waals surface area contributed by atoms with Crippen molar-refractivity contribution in [1.82, 2.24) is 19.9 Å². The predicted octanol–water partition coefficient (Wildman–Crippen LogP) is 1.29. The molecule has 132 valence electrons. The fourth-order valence-electron chi connectivity index (χ4n) is 2.98. The lowest BCUT2D eigenvalue weighted by Gasteiger charge is -2.31. The molecule has 0 N–H and O–H groups in total. The number of aromatic nitrogens is 3. The molecule has 1 fully saturated rings. The molecule has 1 aromatic heterocycles. The molecule has 0 radical (unpaired) electrons. The summed E-state index contributed by atoms with van der Waals surface area (Å²) in [7, 11) is 0. The van der Waals surface area contributed by atoms with Gasteiger partial charge in [0.1, 0.15) is 13.2 Å². The Morgan fingerprint density at radius 2 is 2.08 bits per heavy atom. The van der Waals surface area contributed by atoms with Crippen LogP contribution in [0.3, 0.4) is 0 Å². The Bertz CT molecular complexity index is 776. The summed E-state index contributed by atoms with van der Waals surface area (Å²) in [5.41, 5.74) is 1.09. The van der Waals surface area contributed by atoms with E-state index in [-0.39, 0.29) is 12.0 Å². The highest BCUT2D eigenvalue weighted by molar-refractivity contribution is 5.92. The molecular weight excluding hydrogens is 324 g/mol. The van der Waals surface area contributed by atoms with E-state index in [0.29, 0.717) is 50.1 Å². The van der Waals surface area contributed by atoms with Crippen LogP contribution >= 0.6 is 0 Å². The topological polar surface area (TPSA) is 78.7 Å². The van der Waals surface area contributed by atoms with Gasteiger partial charge in [-0.3, -0.25) is 4.79 Å². The first-order valence-electron chi connectivity index (χ1n) is 8.48. The van der Waals surface area contributed by atoms with Crippen molar-refractivity contribution in [2.45, 2.75) is 19.4 Å². The Labute approximate surface area is 145 Å². The van der Waals surface area contributed by atoms with Crippen molar-refractivity contribution >= 4 is 5.91 Å². The first-order valence-corrected chi connectivity index (χ1v) is 8.48. The zero-order chi connectivity index (χ0) is 17.2. The number of hydrogen-bond donors (Lipinski definition) is 0. The minimum atomic E-state index is -0.120. The van der Waals surface area contributed by atoms with Gasteiger partial charge in [0, 0.05) is 19.2 Å². The van der Waals surface area contributed by atoms with Crippen LogP contribution in [0, 0.1) is 0 Å². The van der Waals surface area contributed by atoms with Gasteiger partial charge in [0.25, 0.3) is 5.91 Å². The molecule has 2 aliphatic heterocycles. The lowest BCUT2D eigenvalue weighted by atomic mass is 10.2. The Kier molecular flexibility index (Phi) is 4.27. The Balaban J connectivity index is 1.53. The molecule has 1 saturated heterocycles. The lowest BCUT2D eigenvalue weighted by molar-refractivity contribution is -0.0228. The summed E-state index contributed by atoms with van der Waals surface area (Å²) in [6, 6.07) is 5.53. The second-order valence-electron chi connectivity index (χ2n) is 6.03. The summed E-state index contributed by atoms with van der Waals surface area (Å²) in [5.74, 6) is 1.27. The van der Waals surface area contributed by atoms with Gasteiger partial charge in [0.05, 0.1) is 24.6 Å². The SMILES string of the molecule is CC[C@@H]1CN(C(=O)c2cn(-c3ccc4c(c3)OCCO4)nn2)CCO1. The van der Waals surface area contributed by atoms with E-state index in [4.69, 9.17) is 14.2 Å². The lowest BCUT2D eigenvalue weighted by Crippen LogP contribution is -2.45. The van der Waals surface area contributed by atoms with Crippen LogP contribution in [-0.4, -0.2) is 64.8 Å². The minimum absolute atomic E-state index is 0.0885. The Hall–Kier alpha value is -2.61. The molecule has 2 aromatic rings. The smallest absolute Gasteiger partial charge is 0.276 e. The summed E-state index contributed by atoms with van der Waals surface area (Å²) in [5, 5.41) is 8.12. The molecule has 1 amide bonds. The highest BCUT2D eigenvalue weighted by Gasteiger charge is 2.26. The van der Waals surface area contributed by atoms with E-state index in [1.807, 2.05) is 18.2 Å². The van der Waals surface area contributed by atoms with Crippen molar-refractivity contribution in [1.29, 1.82) is 0 Å². The molecule has 8 heteroatoms. The molecule has 0 saturated carbocycles. The van der Waals surface area contributed by atoms with Gasteiger partial charge in [-0.05, 0) is 18.6 Å². The third-order valence-electron chi connectivity index (χ3n) is 4.38. The summed E-state index contributed by atoms with van der Waals surface area (Å²) < 4.78 is 18.3. The second kappa shape index (κ2) is 6.72. The molecule has 0 spiro atoms. The maximum Gasteiger partial charge on any atom is 0.276 e. The highest BCUT2D eigenvalue weighted by atomic mass is 16.6. The van der Waals surface area contributed by atoms with Gasteiger partial charge < -0.3 is 19.1 Å². The van der Waals surface area contributed by atoms with Gasteiger partial charge >= 0.3 is 0 Å². The highest BCUT2D eigenvalue weighted by Crippen LogP contribution is 2.31. The third-order valence-corrected chi connectivity index (χ3v) is 4.38. The number of ether oxygens (including phenoxy) is 3. The van der Waals surface area contributed by atoms with Gasteiger partial charge in [0.2, 0.25) is 0 Å². The first kappa shape index (κ1) is 15.9. The molecule has 0 unspecified atom stereocenters. The standard InChI is InChI=1S/C17H20N4O4/c1-2-13-10-20(5-6-23-13)17(22)14-11-21(19-18-14)12-3-4-15-16(9-12)25-8-7-24-15/h3-4,9,11,13H,2,5-8,10H2,1H3/t13-/m1/s1. The molecule has 3 heterocycles. The quantitative estimate of drug-likeness (QED) is 0.835. The fourth-order valence-corrected chi connectivity index (χ4v) is 2.98. The molecule has 0 bridgehead atoms. The summed E-state index contributed by atoms with van der Waals surface area (Å²) in [6.07, 6.45) is 2.61.